The van der Waals surface area contributed by atoms with Gasteiger partial charge in [0.1, 0.15) is 5.75 Å². The lowest BCUT2D eigenvalue weighted by Gasteiger charge is -2.24. The van der Waals surface area contributed by atoms with E-state index in [2.05, 4.69) is 21.2 Å². The normalized spacial score (nSPS) is 18.9. The molecule has 1 N–H and O–H groups in total. The van der Waals surface area contributed by atoms with Crippen molar-refractivity contribution in [1.82, 2.24) is 0 Å². The maximum atomic E-state index is 11.4. The van der Waals surface area contributed by atoms with Crippen LogP contribution >= 0.6 is 15.9 Å². The van der Waals surface area contributed by atoms with Crippen molar-refractivity contribution < 1.29 is 14.3 Å². The fourth-order valence-electron chi connectivity index (χ4n) is 1.36. The van der Waals surface area contributed by atoms with Crippen LogP contribution in [0.3, 0.4) is 0 Å². The molecule has 2 rings (SSSR count). The van der Waals surface area contributed by atoms with Crippen LogP contribution in [0.25, 0.3) is 0 Å². The van der Waals surface area contributed by atoms with Gasteiger partial charge in [0, 0.05) is 6.07 Å². The van der Waals surface area contributed by atoms with Gasteiger partial charge in [-0.3, -0.25) is 4.79 Å². The molecule has 0 aromatic heterocycles. The van der Waals surface area contributed by atoms with Gasteiger partial charge in [-0.15, -0.1) is 0 Å². The number of carbonyl (C=O) groups excluding carboxylic acids is 1. The van der Waals surface area contributed by atoms with E-state index < -0.39 is 6.10 Å². The van der Waals surface area contributed by atoms with Gasteiger partial charge < -0.3 is 14.8 Å². The molecule has 0 aliphatic carbocycles. The highest BCUT2D eigenvalue weighted by Crippen LogP contribution is 2.40. The number of hydrogen-bond donors (Lipinski definition) is 1. The van der Waals surface area contributed by atoms with Crippen molar-refractivity contribution in [2.75, 3.05) is 12.4 Å². The number of benzene rings is 1. The molecule has 1 aromatic carbocycles. The molecule has 0 saturated carbocycles. The van der Waals surface area contributed by atoms with Crippen LogP contribution in [0, 0.1) is 0 Å². The van der Waals surface area contributed by atoms with Crippen LogP contribution < -0.4 is 14.8 Å². The number of anilines is 1. The van der Waals surface area contributed by atoms with E-state index in [4.69, 9.17) is 9.47 Å². The summed E-state index contributed by atoms with van der Waals surface area (Å²) in [7, 11) is 1.57. The lowest BCUT2D eigenvalue weighted by atomic mass is 10.2. The second-order valence-corrected chi connectivity index (χ2v) is 4.09. The molecule has 1 aromatic rings. The molecule has 80 valence electrons. The summed E-state index contributed by atoms with van der Waals surface area (Å²) >= 11 is 3.36. The van der Waals surface area contributed by atoms with Crippen molar-refractivity contribution in [3.8, 4) is 11.5 Å². The van der Waals surface area contributed by atoms with E-state index in [9.17, 15) is 4.79 Å². The first kappa shape index (κ1) is 10.3. The van der Waals surface area contributed by atoms with E-state index in [1.165, 1.54) is 0 Å². The number of carbonyl (C=O) groups is 1. The minimum absolute atomic E-state index is 0.150. The topological polar surface area (TPSA) is 47.6 Å². The number of hydrogen-bond acceptors (Lipinski definition) is 3. The van der Waals surface area contributed by atoms with Crippen LogP contribution in [0.15, 0.2) is 16.6 Å². The standard InChI is InChI=1S/C10H10BrNO3/c1-5-10(13)12-8-4-6(14-2)3-7(11)9(8)15-5/h3-5H,1-2H3,(H,12,13). The Hall–Kier alpha value is -1.23. The van der Waals surface area contributed by atoms with Gasteiger partial charge in [-0.2, -0.15) is 0 Å². The van der Waals surface area contributed by atoms with Crippen molar-refractivity contribution >= 4 is 27.5 Å². The molecule has 0 radical (unpaired) electrons. The highest BCUT2D eigenvalue weighted by Gasteiger charge is 2.25. The maximum absolute atomic E-state index is 11.4. The molecule has 1 heterocycles. The number of rotatable bonds is 1. The molecule has 1 unspecified atom stereocenters. The number of ether oxygens (including phenoxy) is 2. The van der Waals surface area contributed by atoms with E-state index in [0.29, 0.717) is 17.2 Å². The second kappa shape index (κ2) is 3.73. The minimum atomic E-state index is -0.470. The molecule has 1 aliphatic rings. The van der Waals surface area contributed by atoms with Crippen LogP contribution in [0.4, 0.5) is 5.69 Å². The van der Waals surface area contributed by atoms with Gasteiger partial charge >= 0.3 is 0 Å². The summed E-state index contributed by atoms with van der Waals surface area (Å²) in [5, 5.41) is 2.75. The highest BCUT2D eigenvalue weighted by atomic mass is 79.9. The zero-order valence-electron chi connectivity index (χ0n) is 8.33. The predicted molar refractivity (Wildman–Crippen MR) is 59.4 cm³/mol. The predicted octanol–water partition coefficient (Wildman–Crippen LogP) is 2.18. The molecular weight excluding hydrogens is 262 g/mol. The summed E-state index contributed by atoms with van der Waals surface area (Å²) in [6, 6.07) is 3.52. The molecule has 1 aliphatic heterocycles. The Balaban J connectivity index is 2.48. The minimum Gasteiger partial charge on any atom is -0.497 e. The lowest BCUT2D eigenvalue weighted by molar-refractivity contribution is -0.122. The number of fused-ring (bicyclic) bond motifs is 1. The van der Waals surface area contributed by atoms with Gasteiger partial charge in [0.2, 0.25) is 0 Å². The summed E-state index contributed by atoms with van der Waals surface area (Å²) in [5.74, 6) is 1.16. The van der Waals surface area contributed by atoms with Crippen LogP contribution in [-0.2, 0) is 4.79 Å². The number of halogens is 1. The Bertz CT molecular complexity index is 419. The molecule has 0 fully saturated rings. The highest BCUT2D eigenvalue weighted by molar-refractivity contribution is 9.10. The average molecular weight is 272 g/mol. The molecule has 15 heavy (non-hydrogen) atoms. The lowest BCUT2D eigenvalue weighted by Crippen LogP contribution is -2.34. The summed E-state index contributed by atoms with van der Waals surface area (Å²) in [6.07, 6.45) is -0.470. The summed E-state index contributed by atoms with van der Waals surface area (Å²) in [6.45, 7) is 1.70. The Labute approximate surface area is 95.7 Å². The van der Waals surface area contributed by atoms with E-state index >= 15 is 0 Å². The summed E-state index contributed by atoms with van der Waals surface area (Å²) in [4.78, 5) is 11.4. The Morgan fingerprint density at radius 1 is 1.53 bits per heavy atom. The maximum Gasteiger partial charge on any atom is 0.265 e. The monoisotopic (exact) mass is 271 g/mol. The first-order valence-electron chi connectivity index (χ1n) is 4.47. The fraction of sp³-hybridized carbons (Fsp3) is 0.300. The van der Waals surface area contributed by atoms with Crippen molar-refractivity contribution in [3.05, 3.63) is 16.6 Å². The molecule has 0 saturated heterocycles. The third-order valence-electron chi connectivity index (χ3n) is 2.17. The van der Waals surface area contributed by atoms with Crippen molar-refractivity contribution in [2.24, 2.45) is 0 Å². The SMILES string of the molecule is COc1cc(Br)c2c(c1)NC(=O)C(C)O2. The zero-order chi connectivity index (χ0) is 11.0. The van der Waals surface area contributed by atoms with E-state index in [-0.39, 0.29) is 5.91 Å². The Morgan fingerprint density at radius 2 is 2.27 bits per heavy atom. The van der Waals surface area contributed by atoms with Crippen molar-refractivity contribution in [1.29, 1.82) is 0 Å². The Kier molecular flexibility index (Phi) is 2.56. The molecule has 4 nitrogen and oxygen atoms in total. The van der Waals surface area contributed by atoms with Gasteiger partial charge in [0.25, 0.3) is 5.91 Å². The van der Waals surface area contributed by atoms with Gasteiger partial charge in [-0.05, 0) is 28.9 Å². The zero-order valence-corrected chi connectivity index (χ0v) is 9.92. The van der Waals surface area contributed by atoms with E-state index in [1.54, 1.807) is 26.2 Å². The van der Waals surface area contributed by atoms with Gasteiger partial charge in [0.15, 0.2) is 11.9 Å². The average Bonchev–Trinajstić information content (AvgIpc) is 2.21. The number of amides is 1. The van der Waals surface area contributed by atoms with Crippen LogP contribution in [-0.4, -0.2) is 19.1 Å². The first-order chi connectivity index (χ1) is 7.11. The van der Waals surface area contributed by atoms with Crippen LogP contribution in [0.5, 0.6) is 11.5 Å². The quantitative estimate of drug-likeness (QED) is 0.852. The van der Waals surface area contributed by atoms with Gasteiger partial charge in [-0.1, -0.05) is 0 Å². The molecule has 1 amide bonds. The molecule has 0 bridgehead atoms. The second-order valence-electron chi connectivity index (χ2n) is 3.24. The van der Waals surface area contributed by atoms with Crippen molar-refractivity contribution in [3.63, 3.8) is 0 Å². The Morgan fingerprint density at radius 3 is 2.93 bits per heavy atom. The third-order valence-corrected chi connectivity index (χ3v) is 2.76. The van der Waals surface area contributed by atoms with Crippen molar-refractivity contribution in [2.45, 2.75) is 13.0 Å². The fourth-order valence-corrected chi connectivity index (χ4v) is 1.90. The summed E-state index contributed by atoms with van der Waals surface area (Å²) < 4.78 is 11.3. The summed E-state index contributed by atoms with van der Waals surface area (Å²) in [5.41, 5.74) is 0.629. The molecule has 1 atom stereocenters. The van der Waals surface area contributed by atoms with Gasteiger partial charge in [0.05, 0.1) is 17.3 Å². The number of methoxy groups -OCH3 is 1. The molecule has 0 spiro atoms. The van der Waals surface area contributed by atoms with Gasteiger partial charge in [-0.25, -0.2) is 0 Å². The van der Waals surface area contributed by atoms with Crippen LogP contribution in [0.2, 0.25) is 0 Å². The largest absolute Gasteiger partial charge is 0.497 e. The molecule has 5 heteroatoms. The molecular formula is C10H10BrNO3. The van der Waals surface area contributed by atoms with Crippen LogP contribution in [0.1, 0.15) is 6.92 Å². The third kappa shape index (κ3) is 1.79. The first-order valence-corrected chi connectivity index (χ1v) is 5.26. The van der Waals surface area contributed by atoms with E-state index in [1.807, 2.05) is 0 Å². The smallest absolute Gasteiger partial charge is 0.265 e. The van der Waals surface area contributed by atoms with E-state index in [0.717, 1.165) is 4.47 Å². The number of nitrogens with one attached hydrogen (secondary N) is 1.